The van der Waals surface area contributed by atoms with Crippen LogP contribution in [-0.4, -0.2) is 13.5 Å². The van der Waals surface area contributed by atoms with Crippen LogP contribution in [0.4, 0.5) is 11.4 Å². The summed E-state index contributed by atoms with van der Waals surface area (Å²) >= 11 is 23.0. The molecule has 30 heavy (non-hydrogen) atoms. The zero-order chi connectivity index (χ0) is 21.7. The minimum atomic E-state index is -3.80. The van der Waals surface area contributed by atoms with Crippen molar-refractivity contribution >= 4 is 73.5 Å². The molecule has 0 aliphatic rings. The van der Waals surface area contributed by atoms with E-state index in [1.54, 1.807) is 24.3 Å². The van der Waals surface area contributed by atoms with Crippen molar-refractivity contribution in [2.45, 2.75) is 11.4 Å². The number of rotatable bonds is 6. The van der Waals surface area contributed by atoms with Crippen LogP contribution in [0.3, 0.4) is 0 Å². The van der Waals surface area contributed by atoms with Gasteiger partial charge in [-0.3, -0.25) is 4.72 Å². The second-order valence-corrected chi connectivity index (χ2v) is 9.62. The molecule has 0 aliphatic heterocycles. The van der Waals surface area contributed by atoms with Crippen molar-refractivity contribution < 1.29 is 8.42 Å². The van der Waals surface area contributed by atoms with Gasteiger partial charge in [0.25, 0.3) is 10.0 Å². The van der Waals surface area contributed by atoms with E-state index in [0.29, 0.717) is 32.4 Å². The van der Waals surface area contributed by atoms with Crippen molar-refractivity contribution in [1.82, 2.24) is 5.32 Å². The van der Waals surface area contributed by atoms with Crippen molar-refractivity contribution in [3.05, 3.63) is 87.4 Å². The average Bonchev–Trinajstić information content (AvgIpc) is 2.67. The number of thiocarbonyl (C=S) groups is 1. The molecule has 0 unspecified atom stereocenters. The highest BCUT2D eigenvalue weighted by Crippen LogP contribution is 2.25. The van der Waals surface area contributed by atoms with Gasteiger partial charge in [-0.05, 0) is 72.4 Å². The van der Waals surface area contributed by atoms with Gasteiger partial charge in [0.2, 0.25) is 0 Å². The lowest BCUT2D eigenvalue weighted by atomic mass is 10.2. The van der Waals surface area contributed by atoms with Crippen molar-refractivity contribution in [3.8, 4) is 0 Å². The Balaban J connectivity index is 1.60. The van der Waals surface area contributed by atoms with E-state index in [1.165, 1.54) is 30.3 Å². The van der Waals surface area contributed by atoms with Crippen LogP contribution in [0.15, 0.2) is 71.6 Å². The number of hydrogen-bond acceptors (Lipinski definition) is 3. The second kappa shape index (κ2) is 9.85. The Hall–Kier alpha value is -2.03. The Kier molecular flexibility index (Phi) is 7.44. The molecule has 0 spiro atoms. The van der Waals surface area contributed by atoms with E-state index in [4.69, 9.17) is 47.0 Å². The third-order valence-corrected chi connectivity index (χ3v) is 6.24. The summed E-state index contributed by atoms with van der Waals surface area (Å²) in [7, 11) is -3.80. The summed E-state index contributed by atoms with van der Waals surface area (Å²) in [5.41, 5.74) is 1.95. The molecule has 156 valence electrons. The quantitative estimate of drug-likeness (QED) is 0.366. The van der Waals surface area contributed by atoms with Gasteiger partial charge in [0, 0.05) is 27.3 Å². The zero-order valence-corrected chi connectivity index (χ0v) is 19.2. The summed E-state index contributed by atoms with van der Waals surface area (Å²) in [5, 5.41) is 7.83. The van der Waals surface area contributed by atoms with E-state index >= 15 is 0 Å². The normalized spacial score (nSPS) is 11.0. The van der Waals surface area contributed by atoms with E-state index in [2.05, 4.69) is 15.4 Å². The van der Waals surface area contributed by atoms with Crippen LogP contribution in [0.2, 0.25) is 15.1 Å². The molecule has 0 fully saturated rings. The molecule has 0 amide bonds. The van der Waals surface area contributed by atoms with Gasteiger partial charge in [-0.15, -0.1) is 0 Å². The number of anilines is 2. The molecular formula is C20H16Cl3N3O2S2. The Morgan fingerprint density at radius 2 is 1.40 bits per heavy atom. The molecule has 0 saturated heterocycles. The molecule has 0 radical (unpaired) electrons. The minimum absolute atomic E-state index is 0.0872. The Labute approximate surface area is 195 Å². The van der Waals surface area contributed by atoms with Crippen molar-refractivity contribution in [1.29, 1.82) is 0 Å². The molecule has 0 bridgehead atoms. The van der Waals surface area contributed by atoms with Crippen molar-refractivity contribution in [2.24, 2.45) is 0 Å². The van der Waals surface area contributed by atoms with Crippen LogP contribution in [-0.2, 0) is 16.6 Å². The van der Waals surface area contributed by atoms with E-state index in [9.17, 15) is 8.42 Å². The molecule has 3 rings (SSSR count). The zero-order valence-electron chi connectivity index (χ0n) is 15.3. The molecule has 5 nitrogen and oxygen atoms in total. The molecule has 3 aromatic carbocycles. The first kappa shape index (κ1) is 22.7. The lowest BCUT2D eigenvalue weighted by Gasteiger charge is -2.12. The summed E-state index contributed by atoms with van der Waals surface area (Å²) in [6.07, 6.45) is 0. The van der Waals surface area contributed by atoms with Gasteiger partial charge in [0.15, 0.2) is 5.11 Å². The lowest BCUT2D eigenvalue weighted by Crippen LogP contribution is -2.27. The van der Waals surface area contributed by atoms with Crippen LogP contribution in [0, 0.1) is 0 Å². The summed E-state index contributed by atoms with van der Waals surface area (Å²) < 4.78 is 27.6. The van der Waals surface area contributed by atoms with Crippen LogP contribution in [0.25, 0.3) is 0 Å². The fourth-order valence-corrected chi connectivity index (χ4v) is 4.39. The van der Waals surface area contributed by atoms with Gasteiger partial charge < -0.3 is 10.6 Å². The van der Waals surface area contributed by atoms with E-state index in [1.807, 2.05) is 12.1 Å². The fraction of sp³-hybridized carbons (Fsp3) is 0.0500. The maximum atomic E-state index is 12.6. The first-order valence-electron chi connectivity index (χ1n) is 8.59. The predicted molar refractivity (Wildman–Crippen MR) is 128 cm³/mol. The lowest BCUT2D eigenvalue weighted by molar-refractivity contribution is 0.601. The highest BCUT2D eigenvalue weighted by molar-refractivity contribution is 7.92. The number of hydrogen-bond donors (Lipinski definition) is 3. The highest BCUT2D eigenvalue weighted by atomic mass is 35.5. The molecule has 0 aliphatic carbocycles. The largest absolute Gasteiger partial charge is 0.358 e. The van der Waals surface area contributed by atoms with Crippen LogP contribution < -0.4 is 15.4 Å². The Morgan fingerprint density at radius 3 is 2.00 bits per heavy atom. The van der Waals surface area contributed by atoms with Gasteiger partial charge in [0.1, 0.15) is 0 Å². The van der Waals surface area contributed by atoms with E-state index < -0.39 is 10.0 Å². The highest BCUT2D eigenvalue weighted by Gasteiger charge is 2.15. The van der Waals surface area contributed by atoms with E-state index in [-0.39, 0.29) is 10.6 Å². The number of nitrogens with one attached hydrogen (secondary N) is 3. The van der Waals surface area contributed by atoms with Gasteiger partial charge >= 0.3 is 0 Å². The fourth-order valence-electron chi connectivity index (χ4n) is 2.50. The number of sulfonamides is 1. The summed E-state index contributed by atoms with van der Waals surface area (Å²) in [4.78, 5) is 0.0872. The maximum absolute atomic E-state index is 12.6. The summed E-state index contributed by atoms with van der Waals surface area (Å²) in [6, 6.07) is 18.1. The molecular weight excluding hydrogens is 485 g/mol. The van der Waals surface area contributed by atoms with E-state index in [0.717, 1.165) is 5.56 Å². The standard InChI is InChI=1S/C20H16Cl3N3O2S2/c21-14-3-1-13(2-4-14)12-24-20(29)25-17-5-7-19(8-6-17)30(27,28)26-18-10-15(22)9-16(23)11-18/h1-11,26H,12H2,(H2,24,25,29). The molecule has 0 heterocycles. The summed E-state index contributed by atoms with van der Waals surface area (Å²) in [6.45, 7) is 0.529. The van der Waals surface area contributed by atoms with Gasteiger partial charge in [-0.2, -0.15) is 0 Å². The monoisotopic (exact) mass is 499 g/mol. The molecule has 0 atom stereocenters. The third-order valence-electron chi connectivity index (χ3n) is 3.90. The Morgan fingerprint density at radius 1 is 0.800 bits per heavy atom. The first-order valence-corrected chi connectivity index (χ1v) is 11.6. The molecule has 0 saturated carbocycles. The topological polar surface area (TPSA) is 70.2 Å². The van der Waals surface area contributed by atoms with Gasteiger partial charge in [-0.25, -0.2) is 8.42 Å². The number of benzene rings is 3. The smallest absolute Gasteiger partial charge is 0.261 e. The van der Waals surface area contributed by atoms with Crippen molar-refractivity contribution in [2.75, 3.05) is 10.0 Å². The maximum Gasteiger partial charge on any atom is 0.261 e. The van der Waals surface area contributed by atoms with Crippen LogP contribution >= 0.6 is 47.0 Å². The van der Waals surface area contributed by atoms with Crippen LogP contribution in [0.1, 0.15) is 5.56 Å². The molecule has 10 heteroatoms. The van der Waals surface area contributed by atoms with Gasteiger partial charge in [-0.1, -0.05) is 46.9 Å². The summed E-state index contributed by atoms with van der Waals surface area (Å²) in [5.74, 6) is 0. The first-order chi connectivity index (χ1) is 14.2. The minimum Gasteiger partial charge on any atom is -0.358 e. The van der Waals surface area contributed by atoms with Crippen molar-refractivity contribution in [3.63, 3.8) is 0 Å². The molecule has 3 aromatic rings. The Bertz CT molecular complexity index is 1130. The molecule has 3 N–H and O–H groups in total. The third kappa shape index (κ3) is 6.48. The number of halogens is 3. The second-order valence-electron chi connectivity index (χ2n) is 6.22. The SMILES string of the molecule is O=S(=O)(Nc1cc(Cl)cc(Cl)c1)c1ccc(NC(=S)NCc2ccc(Cl)cc2)cc1. The molecule has 0 aromatic heterocycles. The van der Waals surface area contributed by atoms with Crippen LogP contribution in [0.5, 0.6) is 0 Å². The predicted octanol–water partition coefficient (Wildman–Crippen LogP) is 5.93. The van der Waals surface area contributed by atoms with Gasteiger partial charge in [0.05, 0.1) is 10.6 Å². The average molecular weight is 501 g/mol.